The first-order valence-corrected chi connectivity index (χ1v) is 5.15. The lowest BCUT2D eigenvalue weighted by Crippen LogP contribution is -2.02. The van der Waals surface area contributed by atoms with Crippen LogP contribution in [0.25, 0.3) is 0 Å². The van der Waals surface area contributed by atoms with Gasteiger partial charge in [-0.2, -0.15) is 0 Å². The average molecular weight is 231 g/mol. The van der Waals surface area contributed by atoms with Gasteiger partial charge >= 0.3 is 0 Å². The highest BCUT2D eigenvalue weighted by Gasteiger charge is 2.12. The molecule has 1 N–H and O–H groups in total. The van der Waals surface area contributed by atoms with Crippen LogP contribution in [0.5, 0.6) is 11.5 Å². The number of rotatable bonds is 4. The summed E-state index contributed by atoms with van der Waals surface area (Å²) in [6.45, 7) is 0. The number of ether oxygens (including phenoxy) is 2. The number of carbonyl (C=O) groups is 1. The fourth-order valence-corrected chi connectivity index (χ4v) is 1.57. The van der Waals surface area contributed by atoms with Gasteiger partial charge in [-0.25, -0.2) is 0 Å². The normalized spacial score (nSPS) is 10.0. The number of ketones is 1. The molecule has 17 heavy (non-hydrogen) atoms. The van der Waals surface area contributed by atoms with Crippen LogP contribution in [0.3, 0.4) is 0 Å². The zero-order valence-electron chi connectivity index (χ0n) is 9.69. The van der Waals surface area contributed by atoms with Crippen molar-refractivity contribution >= 4 is 5.78 Å². The Labute approximate surface area is 99.2 Å². The summed E-state index contributed by atoms with van der Waals surface area (Å²) in [7, 11) is 3.11. The Balaban J connectivity index is 2.41. The largest absolute Gasteiger partial charge is 0.497 e. The maximum absolute atomic E-state index is 12.1. The van der Waals surface area contributed by atoms with Crippen molar-refractivity contribution in [2.75, 3.05) is 14.2 Å². The van der Waals surface area contributed by atoms with Crippen LogP contribution >= 0.6 is 0 Å². The lowest BCUT2D eigenvalue weighted by atomic mass is 10.1. The van der Waals surface area contributed by atoms with Crippen molar-refractivity contribution in [1.29, 1.82) is 0 Å². The molecule has 88 valence electrons. The molecule has 0 atom stereocenters. The summed E-state index contributed by atoms with van der Waals surface area (Å²) in [4.78, 5) is 15.0. The highest BCUT2D eigenvalue weighted by atomic mass is 16.5. The van der Waals surface area contributed by atoms with E-state index in [4.69, 9.17) is 9.47 Å². The summed E-state index contributed by atoms with van der Waals surface area (Å²) in [5.74, 6) is 1.10. The Morgan fingerprint density at radius 1 is 1.12 bits per heavy atom. The number of benzene rings is 1. The Kier molecular flexibility index (Phi) is 3.14. The molecule has 0 bridgehead atoms. The molecule has 0 aliphatic carbocycles. The molecule has 0 amide bonds. The predicted octanol–water partition coefficient (Wildman–Crippen LogP) is 2.26. The average Bonchev–Trinajstić information content (AvgIpc) is 2.91. The number of carbonyl (C=O) groups excluding carboxylic acids is 1. The third-order valence-electron chi connectivity index (χ3n) is 2.46. The smallest absolute Gasteiger partial charge is 0.209 e. The second-order valence-electron chi connectivity index (χ2n) is 3.51. The van der Waals surface area contributed by atoms with E-state index in [2.05, 4.69) is 4.98 Å². The zero-order chi connectivity index (χ0) is 12.3. The van der Waals surface area contributed by atoms with E-state index in [0.29, 0.717) is 22.8 Å². The van der Waals surface area contributed by atoms with Gasteiger partial charge in [-0.05, 0) is 24.3 Å². The number of H-pyrrole nitrogens is 1. The monoisotopic (exact) mass is 231 g/mol. The Hall–Kier alpha value is -2.23. The van der Waals surface area contributed by atoms with Crippen LogP contribution in [0.4, 0.5) is 0 Å². The summed E-state index contributed by atoms with van der Waals surface area (Å²) in [6.07, 6.45) is 1.71. The van der Waals surface area contributed by atoms with Crippen LogP contribution < -0.4 is 9.47 Å². The van der Waals surface area contributed by atoms with Crippen LogP contribution in [0, 0.1) is 0 Å². The van der Waals surface area contributed by atoms with E-state index in [1.807, 2.05) is 0 Å². The number of hydrogen-bond donors (Lipinski definition) is 1. The molecule has 0 aliphatic rings. The van der Waals surface area contributed by atoms with Crippen molar-refractivity contribution in [1.82, 2.24) is 4.98 Å². The van der Waals surface area contributed by atoms with Gasteiger partial charge in [-0.15, -0.1) is 0 Å². The highest BCUT2D eigenvalue weighted by molar-refractivity contribution is 6.08. The molecule has 1 heterocycles. The van der Waals surface area contributed by atoms with Gasteiger partial charge in [-0.1, -0.05) is 0 Å². The first kappa shape index (κ1) is 11.3. The van der Waals surface area contributed by atoms with Gasteiger partial charge in [-0.3, -0.25) is 4.79 Å². The summed E-state index contributed by atoms with van der Waals surface area (Å²) in [6, 6.07) is 8.61. The lowest BCUT2D eigenvalue weighted by molar-refractivity contribution is 0.103. The topological polar surface area (TPSA) is 51.3 Å². The highest BCUT2D eigenvalue weighted by Crippen LogP contribution is 2.23. The van der Waals surface area contributed by atoms with Crippen LogP contribution in [-0.2, 0) is 0 Å². The van der Waals surface area contributed by atoms with Crippen LogP contribution in [0.15, 0.2) is 36.5 Å². The van der Waals surface area contributed by atoms with Crippen molar-refractivity contribution < 1.29 is 14.3 Å². The number of methoxy groups -OCH3 is 2. The molecule has 0 fully saturated rings. The van der Waals surface area contributed by atoms with Crippen molar-refractivity contribution in [3.05, 3.63) is 47.8 Å². The van der Waals surface area contributed by atoms with Gasteiger partial charge in [0.1, 0.15) is 11.5 Å². The minimum Gasteiger partial charge on any atom is -0.497 e. The van der Waals surface area contributed by atoms with E-state index in [1.54, 1.807) is 50.7 Å². The second-order valence-corrected chi connectivity index (χ2v) is 3.51. The molecule has 0 saturated carbocycles. The summed E-state index contributed by atoms with van der Waals surface area (Å²) in [5, 5.41) is 0. The summed E-state index contributed by atoms with van der Waals surface area (Å²) in [5.41, 5.74) is 1.07. The first-order chi connectivity index (χ1) is 8.24. The van der Waals surface area contributed by atoms with E-state index >= 15 is 0 Å². The van der Waals surface area contributed by atoms with Crippen molar-refractivity contribution in [3.8, 4) is 11.5 Å². The molecule has 4 nitrogen and oxygen atoms in total. The molecule has 1 aromatic heterocycles. The minimum atomic E-state index is -0.0906. The number of hydrogen-bond acceptors (Lipinski definition) is 3. The zero-order valence-corrected chi connectivity index (χ0v) is 9.69. The standard InChI is InChI=1S/C13H13NO3/c1-16-10-6-9(7-11(8-10)17-2)13(15)12-4-3-5-14-12/h3-8,14H,1-2H3. The SMILES string of the molecule is COc1cc(OC)cc(C(=O)c2ccc[nH]2)c1. The van der Waals surface area contributed by atoms with Gasteiger partial charge in [0.25, 0.3) is 0 Å². The second kappa shape index (κ2) is 4.74. The number of aromatic nitrogens is 1. The molecule has 0 saturated heterocycles. The molecule has 1 aromatic carbocycles. The molecule has 0 radical (unpaired) electrons. The van der Waals surface area contributed by atoms with Crippen molar-refractivity contribution in [3.63, 3.8) is 0 Å². The first-order valence-electron chi connectivity index (χ1n) is 5.15. The molecular weight excluding hydrogens is 218 g/mol. The lowest BCUT2D eigenvalue weighted by Gasteiger charge is -2.07. The van der Waals surface area contributed by atoms with Crippen LogP contribution in [0.2, 0.25) is 0 Å². The third-order valence-corrected chi connectivity index (χ3v) is 2.46. The van der Waals surface area contributed by atoms with Gasteiger partial charge in [0.15, 0.2) is 0 Å². The molecule has 4 heteroatoms. The number of nitrogens with one attached hydrogen (secondary N) is 1. The fourth-order valence-electron chi connectivity index (χ4n) is 1.57. The molecule has 2 aromatic rings. The maximum atomic E-state index is 12.1. The van der Waals surface area contributed by atoms with E-state index in [9.17, 15) is 4.79 Å². The van der Waals surface area contributed by atoms with Gasteiger partial charge in [0, 0.05) is 17.8 Å². The van der Waals surface area contributed by atoms with E-state index in [1.165, 1.54) is 0 Å². The van der Waals surface area contributed by atoms with E-state index in [-0.39, 0.29) is 5.78 Å². The van der Waals surface area contributed by atoms with Gasteiger partial charge < -0.3 is 14.5 Å². The fraction of sp³-hybridized carbons (Fsp3) is 0.154. The van der Waals surface area contributed by atoms with E-state index < -0.39 is 0 Å². The quantitative estimate of drug-likeness (QED) is 0.821. The Morgan fingerprint density at radius 2 is 1.76 bits per heavy atom. The molecule has 2 rings (SSSR count). The predicted molar refractivity (Wildman–Crippen MR) is 63.8 cm³/mol. The van der Waals surface area contributed by atoms with Crippen molar-refractivity contribution in [2.45, 2.75) is 0 Å². The van der Waals surface area contributed by atoms with Gasteiger partial charge in [0.2, 0.25) is 5.78 Å². The van der Waals surface area contributed by atoms with Crippen LogP contribution in [-0.4, -0.2) is 25.0 Å². The summed E-state index contributed by atoms with van der Waals surface area (Å²) >= 11 is 0. The Morgan fingerprint density at radius 3 is 2.24 bits per heavy atom. The minimum absolute atomic E-state index is 0.0906. The molecule has 0 aliphatic heterocycles. The molecular formula is C13H13NO3. The Bertz CT molecular complexity index is 495. The van der Waals surface area contributed by atoms with Crippen molar-refractivity contribution in [2.24, 2.45) is 0 Å². The maximum Gasteiger partial charge on any atom is 0.209 e. The molecule has 0 spiro atoms. The van der Waals surface area contributed by atoms with Crippen LogP contribution in [0.1, 0.15) is 16.1 Å². The third kappa shape index (κ3) is 2.30. The number of aromatic amines is 1. The van der Waals surface area contributed by atoms with E-state index in [0.717, 1.165) is 0 Å². The summed E-state index contributed by atoms with van der Waals surface area (Å²) < 4.78 is 10.2. The van der Waals surface area contributed by atoms with Gasteiger partial charge in [0.05, 0.1) is 19.9 Å². The molecule has 0 unspecified atom stereocenters.